The van der Waals surface area contributed by atoms with Crippen molar-refractivity contribution in [3.63, 3.8) is 0 Å². The van der Waals surface area contributed by atoms with E-state index in [9.17, 15) is 0 Å². The number of likely N-dealkylation sites (N-methyl/N-ethyl adjacent to an activating group) is 1. The van der Waals surface area contributed by atoms with Crippen LogP contribution in [0.5, 0.6) is 0 Å². The second-order valence-corrected chi connectivity index (χ2v) is 4.22. The average molecular weight is 259 g/mol. The van der Waals surface area contributed by atoms with Gasteiger partial charge in [0.25, 0.3) is 0 Å². The topological polar surface area (TPSA) is 50.3 Å². The molecule has 96 valence electrons. The van der Waals surface area contributed by atoms with E-state index < -0.39 is 0 Å². The Bertz CT molecular complexity index is 328. The standard InChI is InChI=1S/C11H19ClN4O/c1-9-8-10(15-11(12)14-9)13-4-5-16(2)6-7-17-3/h8H,4-7H2,1-3H3,(H,13,14,15). The number of nitrogens with zero attached hydrogens (tertiary/aromatic N) is 3. The maximum Gasteiger partial charge on any atom is 0.224 e. The second-order valence-electron chi connectivity index (χ2n) is 3.89. The molecule has 17 heavy (non-hydrogen) atoms. The van der Waals surface area contributed by atoms with Gasteiger partial charge in [-0.1, -0.05) is 0 Å². The Balaban J connectivity index is 2.30. The first-order chi connectivity index (χ1) is 8.11. The highest BCUT2D eigenvalue weighted by Gasteiger charge is 2.01. The molecule has 0 radical (unpaired) electrons. The van der Waals surface area contributed by atoms with Gasteiger partial charge in [0, 0.05) is 38.5 Å². The lowest BCUT2D eigenvalue weighted by Crippen LogP contribution is -2.28. The lowest BCUT2D eigenvalue weighted by molar-refractivity contribution is 0.163. The largest absolute Gasteiger partial charge is 0.383 e. The number of nitrogens with one attached hydrogen (secondary N) is 1. The van der Waals surface area contributed by atoms with Gasteiger partial charge in [0.2, 0.25) is 5.28 Å². The first kappa shape index (κ1) is 14.2. The number of halogens is 1. The third-order valence-electron chi connectivity index (χ3n) is 2.30. The van der Waals surface area contributed by atoms with E-state index in [4.69, 9.17) is 16.3 Å². The van der Waals surface area contributed by atoms with Crippen molar-refractivity contribution < 1.29 is 4.74 Å². The van der Waals surface area contributed by atoms with Crippen molar-refractivity contribution in [2.24, 2.45) is 0 Å². The molecule has 0 saturated carbocycles. The van der Waals surface area contributed by atoms with E-state index in [-0.39, 0.29) is 5.28 Å². The highest BCUT2D eigenvalue weighted by molar-refractivity contribution is 6.28. The van der Waals surface area contributed by atoms with Crippen LogP contribution in [0.25, 0.3) is 0 Å². The molecule has 1 aromatic heterocycles. The Morgan fingerprint density at radius 2 is 2.18 bits per heavy atom. The lowest BCUT2D eigenvalue weighted by Gasteiger charge is -2.16. The Morgan fingerprint density at radius 1 is 1.41 bits per heavy atom. The zero-order valence-corrected chi connectivity index (χ0v) is 11.3. The minimum atomic E-state index is 0.278. The molecule has 0 fully saturated rings. The fraction of sp³-hybridized carbons (Fsp3) is 0.636. The molecule has 1 N–H and O–H groups in total. The van der Waals surface area contributed by atoms with Gasteiger partial charge in [0.1, 0.15) is 5.82 Å². The molecule has 5 nitrogen and oxygen atoms in total. The van der Waals surface area contributed by atoms with Crippen LogP contribution in [0.4, 0.5) is 5.82 Å². The molecule has 0 amide bonds. The summed E-state index contributed by atoms with van der Waals surface area (Å²) in [6.07, 6.45) is 0. The van der Waals surface area contributed by atoms with Crippen molar-refractivity contribution in [1.82, 2.24) is 14.9 Å². The Labute approximate surface area is 107 Å². The monoisotopic (exact) mass is 258 g/mol. The third kappa shape index (κ3) is 5.81. The van der Waals surface area contributed by atoms with Crippen LogP contribution >= 0.6 is 11.6 Å². The van der Waals surface area contributed by atoms with Crippen molar-refractivity contribution in [1.29, 1.82) is 0 Å². The molecule has 1 aromatic rings. The summed E-state index contributed by atoms with van der Waals surface area (Å²) in [7, 11) is 3.76. The number of aromatic nitrogens is 2. The average Bonchev–Trinajstić information content (AvgIpc) is 2.25. The van der Waals surface area contributed by atoms with Gasteiger partial charge in [0.15, 0.2) is 0 Å². The summed E-state index contributed by atoms with van der Waals surface area (Å²) in [4.78, 5) is 10.3. The SMILES string of the molecule is COCCN(C)CCNc1cc(C)nc(Cl)n1. The van der Waals surface area contributed by atoms with E-state index >= 15 is 0 Å². The summed E-state index contributed by atoms with van der Waals surface area (Å²) in [6.45, 7) is 5.29. The number of hydrogen-bond acceptors (Lipinski definition) is 5. The molecule has 0 aliphatic rings. The molecule has 0 spiro atoms. The van der Waals surface area contributed by atoms with Crippen LogP contribution in [0.1, 0.15) is 5.69 Å². The third-order valence-corrected chi connectivity index (χ3v) is 2.47. The van der Waals surface area contributed by atoms with Crippen molar-refractivity contribution in [2.75, 3.05) is 45.7 Å². The minimum absolute atomic E-state index is 0.278. The first-order valence-electron chi connectivity index (χ1n) is 5.54. The van der Waals surface area contributed by atoms with Gasteiger partial charge in [-0.3, -0.25) is 0 Å². The van der Waals surface area contributed by atoms with Crippen molar-refractivity contribution >= 4 is 17.4 Å². The number of ether oxygens (including phenoxy) is 1. The smallest absolute Gasteiger partial charge is 0.224 e. The quantitative estimate of drug-likeness (QED) is 0.750. The Hall–Kier alpha value is -0.910. The number of anilines is 1. The Kier molecular flexibility index (Phi) is 6.18. The van der Waals surface area contributed by atoms with Crippen molar-refractivity contribution in [2.45, 2.75) is 6.92 Å². The lowest BCUT2D eigenvalue weighted by atomic mass is 10.4. The molecule has 0 aliphatic carbocycles. The molecule has 0 bridgehead atoms. The molecule has 1 rings (SSSR count). The minimum Gasteiger partial charge on any atom is -0.383 e. The van der Waals surface area contributed by atoms with E-state index in [0.717, 1.165) is 37.8 Å². The molecule has 1 heterocycles. The molecule has 0 aliphatic heterocycles. The first-order valence-corrected chi connectivity index (χ1v) is 5.92. The van der Waals surface area contributed by atoms with Crippen LogP contribution in [-0.4, -0.2) is 55.3 Å². The van der Waals surface area contributed by atoms with E-state index in [1.165, 1.54) is 0 Å². The van der Waals surface area contributed by atoms with Crippen molar-refractivity contribution in [3.8, 4) is 0 Å². The summed E-state index contributed by atoms with van der Waals surface area (Å²) >= 11 is 5.77. The number of hydrogen-bond donors (Lipinski definition) is 1. The van der Waals surface area contributed by atoms with Crippen LogP contribution in [0.15, 0.2) is 6.07 Å². The molecular weight excluding hydrogens is 240 g/mol. The van der Waals surface area contributed by atoms with E-state index in [0.29, 0.717) is 0 Å². The van der Waals surface area contributed by atoms with Gasteiger partial charge in [-0.2, -0.15) is 0 Å². The molecule has 0 aromatic carbocycles. The summed E-state index contributed by atoms with van der Waals surface area (Å²) in [6, 6.07) is 1.88. The molecule has 0 saturated heterocycles. The molecular formula is C11H19ClN4O. The summed E-state index contributed by atoms with van der Waals surface area (Å²) in [5.74, 6) is 0.766. The van der Waals surface area contributed by atoms with Crippen LogP contribution in [0.3, 0.4) is 0 Å². The van der Waals surface area contributed by atoms with Gasteiger partial charge in [0.05, 0.1) is 6.61 Å². The van der Waals surface area contributed by atoms with E-state index in [2.05, 4.69) is 27.2 Å². The Morgan fingerprint density at radius 3 is 2.82 bits per heavy atom. The van der Waals surface area contributed by atoms with Crippen LogP contribution < -0.4 is 5.32 Å². The maximum absolute atomic E-state index is 5.77. The van der Waals surface area contributed by atoms with Crippen LogP contribution in [0, 0.1) is 6.92 Å². The summed E-state index contributed by atoms with van der Waals surface area (Å²) < 4.78 is 5.01. The highest BCUT2D eigenvalue weighted by Crippen LogP contribution is 2.09. The zero-order chi connectivity index (χ0) is 12.7. The maximum atomic E-state index is 5.77. The predicted molar refractivity (Wildman–Crippen MR) is 69.6 cm³/mol. The van der Waals surface area contributed by atoms with Crippen molar-refractivity contribution in [3.05, 3.63) is 17.0 Å². The fourth-order valence-corrected chi connectivity index (χ4v) is 1.58. The van der Waals surface area contributed by atoms with E-state index in [1.807, 2.05) is 13.0 Å². The van der Waals surface area contributed by atoms with Gasteiger partial charge < -0.3 is 15.0 Å². The van der Waals surface area contributed by atoms with Gasteiger partial charge in [-0.15, -0.1) is 0 Å². The number of rotatable bonds is 7. The van der Waals surface area contributed by atoms with E-state index in [1.54, 1.807) is 7.11 Å². The molecule has 0 atom stereocenters. The number of methoxy groups -OCH3 is 1. The molecule has 0 unspecified atom stereocenters. The molecule has 6 heteroatoms. The number of aryl methyl sites for hydroxylation is 1. The van der Waals surface area contributed by atoms with Gasteiger partial charge >= 0.3 is 0 Å². The zero-order valence-electron chi connectivity index (χ0n) is 10.5. The summed E-state index contributed by atoms with van der Waals surface area (Å²) in [5.41, 5.74) is 0.861. The van der Waals surface area contributed by atoms with Crippen LogP contribution in [0.2, 0.25) is 5.28 Å². The predicted octanol–water partition coefficient (Wildman–Crippen LogP) is 1.43. The van der Waals surface area contributed by atoms with Gasteiger partial charge in [-0.25, -0.2) is 9.97 Å². The highest BCUT2D eigenvalue weighted by atomic mass is 35.5. The van der Waals surface area contributed by atoms with Crippen LogP contribution in [-0.2, 0) is 4.74 Å². The van der Waals surface area contributed by atoms with Gasteiger partial charge in [-0.05, 0) is 25.6 Å². The summed E-state index contributed by atoms with van der Waals surface area (Å²) in [5, 5.41) is 3.49. The fourth-order valence-electron chi connectivity index (χ4n) is 1.36. The second kappa shape index (κ2) is 7.42. The normalized spacial score (nSPS) is 10.9.